The molecular formula is C8H16O. The molecule has 1 heteroatoms. The first-order chi connectivity index (χ1) is 3.89. The summed E-state index contributed by atoms with van der Waals surface area (Å²) in [5, 5.41) is 9.57. The van der Waals surface area contributed by atoms with E-state index in [9.17, 15) is 5.11 Å². The number of hydrogen-bond acceptors (Lipinski definition) is 1. The lowest BCUT2D eigenvalue weighted by Crippen LogP contribution is -2.31. The van der Waals surface area contributed by atoms with Crippen molar-refractivity contribution in [3.63, 3.8) is 0 Å². The van der Waals surface area contributed by atoms with Gasteiger partial charge in [-0.2, -0.15) is 0 Å². The first kappa shape index (κ1) is 8.70. The quantitative estimate of drug-likeness (QED) is 0.564. The first-order valence-corrected chi connectivity index (χ1v) is 3.27. The maximum absolute atomic E-state index is 9.57. The third-order valence-corrected chi connectivity index (χ3v) is 1.99. The molecule has 0 fully saturated rings. The van der Waals surface area contributed by atoms with Crippen molar-refractivity contribution in [2.75, 3.05) is 0 Å². The van der Waals surface area contributed by atoms with Crippen LogP contribution < -0.4 is 0 Å². The van der Waals surface area contributed by atoms with Crippen molar-refractivity contribution >= 4 is 0 Å². The summed E-state index contributed by atoms with van der Waals surface area (Å²) in [6.07, 6.45) is 0. The van der Waals surface area contributed by atoms with Crippen LogP contribution in [0, 0.1) is 5.92 Å². The van der Waals surface area contributed by atoms with Crippen molar-refractivity contribution in [3.05, 3.63) is 12.2 Å². The van der Waals surface area contributed by atoms with Crippen LogP contribution in [-0.2, 0) is 0 Å². The van der Waals surface area contributed by atoms with Crippen LogP contribution in [-0.4, -0.2) is 10.7 Å². The highest BCUT2D eigenvalue weighted by atomic mass is 16.3. The van der Waals surface area contributed by atoms with Crippen molar-refractivity contribution in [1.82, 2.24) is 0 Å². The predicted octanol–water partition coefficient (Wildman–Crippen LogP) is 1.97. The molecule has 0 bridgehead atoms. The third-order valence-electron chi connectivity index (χ3n) is 1.99. The smallest absolute Gasteiger partial charge is 0.0846 e. The van der Waals surface area contributed by atoms with Gasteiger partial charge in [-0.3, -0.25) is 0 Å². The summed E-state index contributed by atoms with van der Waals surface area (Å²) in [6, 6.07) is 0. The van der Waals surface area contributed by atoms with E-state index in [-0.39, 0.29) is 5.92 Å². The summed E-state index contributed by atoms with van der Waals surface area (Å²) in [7, 11) is 0. The maximum atomic E-state index is 9.57. The SMILES string of the molecule is C=C(C)[C@](C)(O)C(C)C. The fourth-order valence-electron chi connectivity index (χ4n) is 0.493. The summed E-state index contributed by atoms with van der Waals surface area (Å²) in [5.74, 6) is 0.245. The standard InChI is InChI=1S/C8H16O/c1-6(2)8(5,9)7(3)4/h7,9H,1H2,2-5H3/t8-/m0/s1. The Morgan fingerprint density at radius 3 is 1.89 bits per heavy atom. The topological polar surface area (TPSA) is 20.2 Å². The van der Waals surface area contributed by atoms with Gasteiger partial charge < -0.3 is 5.11 Å². The molecule has 0 amide bonds. The summed E-state index contributed by atoms with van der Waals surface area (Å²) < 4.78 is 0. The third kappa shape index (κ3) is 1.83. The molecule has 0 saturated heterocycles. The molecular weight excluding hydrogens is 112 g/mol. The van der Waals surface area contributed by atoms with Crippen molar-refractivity contribution < 1.29 is 5.11 Å². The molecule has 0 aliphatic heterocycles. The Hall–Kier alpha value is -0.300. The van der Waals surface area contributed by atoms with Crippen LogP contribution in [0.4, 0.5) is 0 Å². The average molecular weight is 128 g/mol. The lowest BCUT2D eigenvalue weighted by molar-refractivity contribution is 0.0509. The van der Waals surface area contributed by atoms with Gasteiger partial charge >= 0.3 is 0 Å². The van der Waals surface area contributed by atoms with Crippen molar-refractivity contribution in [1.29, 1.82) is 0 Å². The molecule has 0 saturated carbocycles. The number of rotatable bonds is 2. The number of aliphatic hydroxyl groups is 1. The second-order valence-electron chi connectivity index (χ2n) is 3.08. The highest BCUT2D eigenvalue weighted by molar-refractivity contribution is 5.08. The van der Waals surface area contributed by atoms with Gasteiger partial charge in [0.15, 0.2) is 0 Å². The van der Waals surface area contributed by atoms with Gasteiger partial charge in [0.1, 0.15) is 0 Å². The fraction of sp³-hybridized carbons (Fsp3) is 0.750. The minimum atomic E-state index is -0.694. The van der Waals surface area contributed by atoms with E-state index in [2.05, 4.69) is 6.58 Å². The zero-order valence-corrected chi connectivity index (χ0v) is 6.73. The molecule has 0 aromatic carbocycles. The first-order valence-electron chi connectivity index (χ1n) is 3.27. The van der Waals surface area contributed by atoms with Crippen LogP contribution in [0.5, 0.6) is 0 Å². The lowest BCUT2D eigenvalue weighted by atomic mass is 9.87. The van der Waals surface area contributed by atoms with Crippen LogP contribution in [0.15, 0.2) is 12.2 Å². The monoisotopic (exact) mass is 128 g/mol. The largest absolute Gasteiger partial charge is 0.386 e. The molecule has 1 atom stereocenters. The Balaban J connectivity index is 4.19. The van der Waals surface area contributed by atoms with Crippen molar-refractivity contribution in [2.45, 2.75) is 33.3 Å². The van der Waals surface area contributed by atoms with E-state index in [0.29, 0.717) is 0 Å². The summed E-state index contributed by atoms with van der Waals surface area (Å²) in [4.78, 5) is 0. The Morgan fingerprint density at radius 1 is 1.56 bits per heavy atom. The molecule has 1 nitrogen and oxygen atoms in total. The minimum Gasteiger partial charge on any atom is -0.386 e. The Morgan fingerprint density at radius 2 is 1.89 bits per heavy atom. The molecule has 0 spiro atoms. The molecule has 0 heterocycles. The Kier molecular flexibility index (Phi) is 2.44. The van der Waals surface area contributed by atoms with Crippen molar-refractivity contribution in [2.24, 2.45) is 5.92 Å². The molecule has 0 aromatic rings. The van der Waals surface area contributed by atoms with Gasteiger partial charge in [-0.25, -0.2) is 0 Å². The summed E-state index contributed by atoms with van der Waals surface area (Å²) in [5.41, 5.74) is 0.137. The van der Waals surface area contributed by atoms with E-state index in [0.717, 1.165) is 5.57 Å². The minimum absolute atomic E-state index is 0.245. The van der Waals surface area contributed by atoms with Gasteiger partial charge in [0.25, 0.3) is 0 Å². The van der Waals surface area contributed by atoms with E-state index in [1.165, 1.54) is 0 Å². The molecule has 0 radical (unpaired) electrons. The van der Waals surface area contributed by atoms with Gasteiger partial charge in [0.05, 0.1) is 5.60 Å². The van der Waals surface area contributed by atoms with Crippen LogP contribution in [0.2, 0.25) is 0 Å². The predicted molar refractivity (Wildman–Crippen MR) is 40.3 cm³/mol. The lowest BCUT2D eigenvalue weighted by Gasteiger charge is -2.27. The fourth-order valence-corrected chi connectivity index (χ4v) is 0.493. The van der Waals surface area contributed by atoms with Crippen molar-refractivity contribution in [3.8, 4) is 0 Å². The van der Waals surface area contributed by atoms with Gasteiger partial charge in [0, 0.05) is 0 Å². The number of hydrogen-bond donors (Lipinski definition) is 1. The van der Waals surface area contributed by atoms with E-state index in [1.807, 2.05) is 20.8 Å². The highest BCUT2D eigenvalue weighted by Gasteiger charge is 2.24. The van der Waals surface area contributed by atoms with Gasteiger partial charge in [-0.05, 0) is 25.3 Å². The Labute approximate surface area is 57.4 Å². The van der Waals surface area contributed by atoms with Crippen LogP contribution >= 0.6 is 0 Å². The second kappa shape index (κ2) is 2.53. The highest BCUT2D eigenvalue weighted by Crippen LogP contribution is 2.22. The van der Waals surface area contributed by atoms with E-state index >= 15 is 0 Å². The molecule has 54 valence electrons. The summed E-state index contributed by atoms with van der Waals surface area (Å²) in [6.45, 7) is 11.3. The normalized spacial score (nSPS) is 17.6. The molecule has 0 aliphatic carbocycles. The molecule has 1 N–H and O–H groups in total. The molecule has 0 rings (SSSR count). The molecule has 9 heavy (non-hydrogen) atoms. The molecule has 0 unspecified atom stereocenters. The van der Waals surface area contributed by atoms with Crippen LogP contribution in [0.1, 0.15) is 27.7 Å². The van der Waals surface area contributed by atoms with Crippen LogP contribution in [0.25, 0.3) is 0 Å². The van der Waals surface area contributed by atoms with E-state index in [4.69, 9.17) is 0 Å². The average Bonchev–Trinajstić information content (AvgIpc) is 1.65. The maximum Gasteiger partial charge on any atom is 0.0846 e. The van der Waals surface area contributed by atoms with Gasteiger partial charge in [-0.15, -0.1) is 0 Å². The summed E-state index contributed by atoms with van der Waals surface area (Å²) >= 11 is 0. The second-order valence-corrected chi connectivity index (χ2v) is 3.08. The zero-order valence-electron chi connectivity index (χ0n) is 6.73. The van der Waals surface area contributed by atoms with Gasteiger partial charge in [-0.1, -0.05) is 20.4 Å². The molecule has 0 aromatic heterocycles. The van der Waals surface area contributed by atoms with E-state index < -0.39 is 5.60 Å². The van der Waals surface area contributed by atoms with Gasteiger partial charge in [0.2, 0.25) is 0 Å². The zero-order chi connectivity index (χ0) is 7.65. The van der Waals surface area contributed by atoms with E-state index in [1.54, 1.807) is 6.92 Å². The Bertz CT molecular complexity index is 112. The molecule has 0 aliphatic rings. The van der Waals surface area contributed by atoms with Crippen LogP contribution in [0.3, 0.4) is 0 Å².